The largest absolute Gasteiger partial charge is 0.479 e. The van der Waals surface area contributed by atoms with E-state index in [0.717, 1.165) is 6.54 Å². The van der Waals surface area contributed by atoms with Gasteiger partial charge >= 0.3 is 0 Å². The van der Waals surface area contributed by atoms with E-state index in [0.29, 0.717) is 48.6 Å². The third-order valence-corrected chi connectivity index (χ3v) is 7.33. The Hall–Kier alpha value is -3.45. The highest BCUT2D eigenvalue weighted by atomic mass is 19.3. The number of rotatable bonds is 7. The summed E-state index contributed by atoms with van der Waals surface area (Å²) in [5.41, 5.74) is 1.75. The van der Waals surface area contributed by atoms with Gasteiger partial charge in [-0.2, -0.15) is 4.98 Å². The Balaban J connectivity index is 1.32. The number of aromatic nitrogens is 5. The smallest absolute Gasteiger partial charge is 0.256 e. The van der Waals surface area contributed by atoms with Crippen molar-refractivity contribution in [1.29, 1.82) is 0 Å². The molecule has 0 saturated carbocycles. The molecular weight excluding hydrogens is 506 g/mol. The van der Waals surface area contributed by atoms with Gasteiger partial charge < -0.3 is 19.4 Å². The first kappa shape index (κ1) is 24.9. The molecule has 5 heterocycles. The van der Waals surface area contributed by atoms with E-state index in [2.05, 4.69) is 25.3 Å². The summed E-state index contributed by atoms with van der Waals surface area (Å²) < 4.78 is 69.9. The molecule has 0 radical (unpaired) electrons. The van der Waals surface area contributed by atoms with Gasteiger partial charge in [0, 0.05) is 24.8 Å². The van der Waals surface area contributed by atoms with Crippen LogP contribution >= 0.6 is 0 Å². The highest BCUT2D eigenvalue weighted by Gasteiger charge is 2.35. The van der Waals surface area contributed by atoms with E-state index >= 15 is 4.39 Å². The third-order valence-electron chi connectivity index (χ3n) is 7.33. The monoisotopic (exact) mass is 533 g/mol. The standard InChI is InChI=1S/C25H27F4N7O2/c1-13-30-22-17(26)7-14(8-20(22)35(13)10-21(28)29)16-3-6-36-23(16)24(37-2)32-25(33-36)31-19-4-5-34(9-18(19)27)15-11-38-12-15/h3,6-8,15,18-19,21H,4-5,9-12H2,1-2H3,(H,31,33)/t18-,19+/m0/s1. The summed E-state index contributed by atoms with van der Waals surface area (Å²) in [5, 5.41) is 7.59. The molecule has 3 aromatic heterocycles. The Morgan fingerprint density at radius 3 is 2.74 bits per heavy atom. The molecule has 9 nitrogen and oxygen atoms in total. The van der Waals surface area contributed by atoms with Crippen molar-refractivity contribution >= 4 is 22.5 Å². The number of nitrogens with one attached hydrogen (secondary N) is 1. The SMILES string of the molecule is COc1nc(N[C@@H]2CCN(C3COC3)C[C@@H]2F)nn2ccc(-c3cc(F)c4nc(C)n(CC(F)F)c4c3)c12. The summed E-state index contributed by atoms with van der Waals surface area (Å²) in [6.07, 6.45) is -1.47. The van der Waals surface area contributed by atoms with Gasteiger partial charge in [0.15, 0.2) is 5.82 Å². The third kappa shape index (κ3) is 4.33. The summed E-state index contributed by atoms with van der Waals surface area (Å²) in [7, 11) is 1.45. The van der Waals surface area contributed by atoms with Crippen LogP contribution in [-0.2, 0) is 11.3 Å². The van der Waals surface area contributed by atoms with Crippen LogP contribution in [0.3, 0.4) is 0 Å². The predicted octanol–water partition coefficient (Wildman–Crippen LogP) is 3.69. The van der Waals surface area contributed by atoms with E-state index in [1.54, 1.807) is 25.3 Å². The molecule has 2 aliphatic rings. The number of hydrogen-bond donors (Lipinski definition) is 1. The molecule has 0 spiro atoms. The lowest BCUT2D eigenvalue weighted by molar-refractivity contribution is -0.0794. The van der Waals surface area contributed by atoms with E-state index in [1.165, 1.54) is 22.3 Å². The molecule has 4 aromatic rings. The number of alkyl halides is 3. The molecule has 0 unspecified atom stereocenters. The van der Waals surface area contributed by atoms with Crippen molar-refractivity contribution in [2.75, 3.05) is 38.7 Å². The van der Waals surface area contributed by atoms with Gasteiger partial charge in [-0.3, -0.25) is 4.90 Å². The van der Waals surface area contributed by atoms with E-state index < -0.39 is 31.0 Å². The summed E-state index contributed by atoms with van der Waals surface area (Å²) >= 11 is 0. The van der Waals surface area contributed by atoms with Crippen LogP contribution < -0.4 is 10.1 Å². The number of ether oxygens (including phenoxy) is 2. The van der Waals surface area contributed by atoms with E-state index in [9.17, 15) is 13.2 Å². The highest BCUT2D eigenvalue weighted by molar-refractivity contribution is 5.90. The van der Waals surface area contributed by atoms with Crippen LogP contribution in [0.4, 0.5) is 23.5 Å². The molecule has 2 fully saturated rings. The Morgan fingerprint density at radius 1 is 1.24 bits per heavy atom. The molecule has 2 saturated heterocycles. The van der Waals surface area contributed by atoms with Crippen LogP contribution in [0, 0.1) is 12.7 Å². The Bertz CT molecular complexity index is 1490. The molecule has 38 heavy (non-hydrogen) atoms. The van der Waals surface area contributed by atoms with Gasteiger partial charge in [0.05, 0.1) is 44.5 Å². The lowest BCUT2D eigenvalue weighted by Gasteiger charge is -2.42. The fourth-order valence-electron chi connectivity index (χ4n) is 5.27. The molecule has 6 rings (SSSR count). The van der Waals surface area contributed by atoms with Crippen molar-refractivity contribution in [3.8, 4) is 17.0 Å². The maximum absolute atomic E-state index is 15.0. The average molecular weight is 534 g/mol. The second-order valence-electron chi connectivity index (χ2n) is 9.70. The first-order chi connectivity index (χ1) is 18.3. The molecule has 0 amide bonds. The van der Waals surface area contributed by atoms with E-state index in [4.69, 9.17) is 9.47 Å². The van der Waals surface area contributed by atoms with Gasteiger partial charge in [-0.1, -0.05) is 0 Å². The van der Waals surface area contributed by atoms with Crippen LogP contribution in [0.5, 0.6) is 5.88 Å². The number of aryl methyl sites for hydroxylation is 1. The van der Waals surface area contributed by atoms with E-state index in [-0.39, 0.29) is 28.9 Å². The number of halogens is 4. The summed E-state index contributed by atoms with van der Waals surface area (Å²) in [4.78, 5) is 10.7. The Kier molecular flexibility index (Phi) is 6.34. The molecule has 2 atom stereocenters. The zero-order chi connectivity index (χ0) is 26.6. The number of hydrogen-bond acceptors (Lipinski definition) is 7. The van der Waals surface area contributed by atoms with Crippen LogP contribution in [0.25, 0.3) is 27.7 Å². The molecule has 202 valence electrons. The molecule has 0 aliphatic carbocycles. The second kappa shape index (κ2) is 9.70. The van der Waals surface area contributed by atoms with Crippen molar-refractivity contribution in [3.63, 3.8) is 0 Å². The van der Waals surface area contributed by atoms with Crippen molar-refractivity contribution < 1.29 is 27.0 Å². The lowest BCUT2D eigenvalue weighted by atomic mass is 10.0. The first-order valence-electron chi connectivity index (χ1n) is 12.4. The number of benzene rings is 1. The fraction of sp³-hybridized carbons (Fsp3) is 0.480. The molecular formula is C25H27F4N7O2. The molecule has 13 heteroatoms. The van der Waals surface area contributed by atoms with Gasteiger partial charge in [0.2, 0.25) is 11.8 Å². The number of likely N-dealkylation sites (tertiary alicyclic amines) is 1. The summed E-state index contributed by atoms with van der Waals surface area (Å²) in [6.45, 7) is 3.31. The molecule has 1 N–H and O–H groups in total. The van der Waals surface area contributed by atoms with Crippen LogP contribution in [0.15, 0.2) is 24.4 Å². The van der Waals surface area contributed by atoms with Crippen LogP contribution in [0.1, 0.15) is 12.2 Å². The molecule has 2 aliphatic heterocycles. The summed E-state index contributed by atoms with van der Waals surface area (Å²) in [6, 6.07) is 4.46. The van der Waals surface area contributed by atoms with Crippen molar-refractivity contribution in [2.24, 2.45) is 0 Å². The minimum atomic E-state index is -2.61. The number of anilines is 1. The fourth-order valence-corrected chi connectivity index (χ4v) is 5.27. The topological polar surface area (TPSA) is 81.7 Å². The summed E-state index contributed by atoms with van der Waals surface area (Å²) in [5.74, 6) is 0.0873. The van der Waals surface area contributed by atoms with Gasteiger partial charge in [0.25, 0.3) is 6.43 Å². The zero-order valence-electron chi connectivity index (χ0n) is 20.9. The van der Waals surface area contributed by atoms with Gasteiger partial charge in [0.1, 0.15) is 23.0 Å². The quantitative estimate of drug-likeness (QED) is 0.363. The second-order valence-corrected chi connectivity index (χ2v) is 9.70. The van der Waals surface area contributed by atoms with Gasteiger partial charge in [-0.25, -0.2) is 27.1 Å². The van der Waals surface area contributed by atoms with Crippen molar-refractivity contribution in [2.45, 2.75) is 44.6 Å². The average Bonchev–Trinajstić information content (AvgIpc) is 3.40. The molecule has 0 bridgehead atoms. The lowest BCUT2D eigenvalue weighted by Crippen LogP contribution is -2.57. The number of nitrogens with zero attached hydrogens (tertiary/aromatic N) is 6. The van der Waals surface area contributed by atoms with Crippen molar-refractivity contribution in [1.82, 2.24) is 29.0 Å². The maximum atomic E-state index is 15.0. The number of imidazole rings is 1. The minimum Gasteiger partial charge on any atom is -0.479 e. The molecule has 1 aromatic carbocycles. The van der Waals surface area contributed by atoms with Gasteiger partial charge in [-0.05, 0) is 37.1 Å². The number of piperidine rings is 1. The van der Waals surface area contributed by atoms with Crippen molar-refractivity contribution in [3.05, 3.63) is 36.0 Å². The predicted molar refractivity (Wildman–Crippen MR) is 132 cm³/mol. The highest BCUT2D eigenvalue weighted by Crippen LogP contribution is 2.35. The number of methoxy groups -OCH3 is 1. The van der Waals surface area contributed by atoms with Gasteiger partial charge in [-0.15, -0.1) is 5.10 Å². The zero-order valence-corrected chi connectivity index (χ0v) is 20.9. The number of fused-ring (bicyclic) bond motifs is 2. The first-order valence-corrected chi connectivity index (χ1v) is 12.4. The van der Waals surface area contributed by atoms with E-state index in [1.807, 2.05) is 0 Å². The normalized spacial score (nSPS) is 20.9. The van der Waals surface area contributed by atoms with Crippen LogP contribution in [-0.4, -0.2) is 87.1 Å². The minimum absolute atomic E-state index is 0.0294. The van der Waals surface area contributed by atoms with Crippen LogP contribution in [0.2, 0.25) is 0 Å². The Morgan fingerprint density at radius 2 is 2.05 bits per heavy atom. The maximum Gasteiger partial charge on any atom is 0.256 e. The Labute approximate surface area is 215 Å².